The lowest BCUT2D eigenvalue weighted by Gasteiger charge is -2.29. The molecule has 20 heavy (non-hydrogen) atoms. The van der Waals surface area contributed by atoms with Gasteiger partial charge < -0.3 is 0 Å². The van der Waals surface area contributed by atoms with Crippen LogP contribution in [0.1, 0.15) is 41.1 Å². The Labute approximate surface area is 121 Å². The molecule has 1 heteroatoms. The summed E-state index contributed by atoms with van der Waals surface area (Å²) in [5.41, 5.74) is 6.17. The highest BCUT2D eigenvalue weighted by Crippen LogP contribution is 2.38. The normalized spacial score (nSPS) is 19.4. The molecule has 0 saturated carbocycles. The molecule has 1 saturated heterocycles. The number of rotatable bonds is 1. The Bertz CT molecular complexity index is 563. The minimum absolute atomic E-state index is 0.479. The zero-order chi connectivity index (χ0) is 13.4. The van der Waals surface area contributed by atoms with Gasteiger partial charge in [0, 0.05) is 0 Å². The molecule has 0 aromatic heterocycles. The molecule has 1 heterocycles. The molecule has 102 valence electrons. The first-order chi connectivity index (χ1) is 9.93. The highest BCUT2D eigenvalue weighted by molar-refractivity contribution is 5.44. The van der Waals surface area contributed by atoms with Crippen molar-refractivity contribution in [3.05, 3.63) is 70.8 Å². The van der Waals surface area contributed by atoms with Crippen LogP contribution in [-0.2, 0) is 12.8 Å². The second-order valence-corrected chi connectivity index (χ2v) is 6.04. The predicted octanol–water partition coefficient (Wildman–Crippen LogP) is 3.97. The fourth-order valence-corrected chi connectivity index (χ4v) is 3.89. The summed E-state index contributed by atoms with van der Waals surface area (Å²) < 4.78 is 0. The van der Waals surface area contributed by atoms with Crippen molar-refractivity contribution in [1.29, 1.82) is 0 Å². The summed E-state index contributed by atoms with van der Waals surface area (Å²) in [4.78, 5) is 2.68. The number of benzene rings is 2. The first-order valence-corrected chi connectivity index (χ1v) is 7.83. The molecule has 0 amide bonds. The van der Waals surface area contributed by atoms with Gasteiger partial charge in [-0.2, -0.15) is 0 Å². The summed E-state index contributed by atoms with van der Waals surface area (Å²) in [5.74, 6) is 0. The van der Waals surface area contributed by atoms with E-state index < -0.39 is 0 Å². The van der Waals surface area contributed by atoms with Gasteiger partial charge in [-0.1, -0.05) is 48.5 Å². The molecule has 1 fully saturated rings. The van der Waals surface area contributed by atoms with Gasteiger partial charge in [-0.05, 0) is 61.0 Å². The maximum Gasteiger partial charge on any atom is 0.0607 e. The molecule has 4 rings (SSSR count). The number of likely N-dealkylation sites (tertiary alicyclic amines) is 1. The number of hydrogen-bond donors (Lipinski definition) is 0. The third-order valence-corrected chi connectivity index (χ3v) is 4.87. The van der Waals surface area contributed by atoms with Crippen molar-refractivity contribution >= 4 is 0 Å². The zero-order valence-corrected chi connectivity index (χ0v) is 11.9. The minimum atomic E-state index is 0.479. The number of aryl methyl sites for hydroxylation is 2. The van der Waals surface area contributed by atoms with E-state index in [0.717, 1.165) is 0 Å². The standard InChI is InChI=1S/C19H21N/c1-3-9-17-15(7-1)11-12-16-8-2-4-10-18(16)19(17)20-13-5-6-14-20/h1-4,7-10,19H,5-6,11-14H2. The van der Waals surface area contributed by atoms with E-state index in [1.807, 2.05) is 0 Å². The van der Waals surface area contributed by atoms with Gasteiger partial charge in [-0.25, -0.2) is 0 Å². The molecule has 0 N–H and O–H groups in total. The van der Waals surface area contributed by atoms with E-state index in [1.54, 1.807) is 22.3 Å². The molecule has 0 bridgehead atoms. The van der Waals surface area contributed by atoms with Crippen molar-refractivity contribution in [3.63, 3.8) is 0 Å². The topological polar surface area (TPSA) is 3.24 Å². The summed E-state index contributed by atoms with van der Waals surface area (Å²) in [6, 6.07) is 18.6. The lowest BCUT2D eigenvalue weighted by molar-refractivity contribution is 0.280. The molecule has 0 spiro atoms. The van der Waals surface area contributed by atoms with Crippen LogP contribution < -0.4 is 0 Å². The van der Waals surface area contributed by atoms with E-state index in [-0.39, 0.29) is 0 Å². The maximum atomic E-state index is 2.68. The lowest BCUT2D eigenvalue weighted by Crippen LogP contribution is -2.27. The molecule has 0 unspecified atom stereocenters. The summed E-state index contributed by atoms with van der Waals surface area (Å²) in [6.45, 7) is 2.49. The van der Waals surface area contributed by atoms with Crippen LogP contribution in [0.4, 0.5) is 0 Å². The monoisotopic (exact) mass is 263 g/mol. The van der Waals surface area contributed by atoms with Gasteiger partial charge in [0.25, 0.3) is 0 Å². The Morgan fingerprint density at radius 3 is 1.75 bits per heavy atom. The second-order valence-electron chi connectivity index (χ2n) is 6.04. The van der Waals surface area contributed by atoms with Gasteiger partial charge >= 0.3 is 0 Å². The average Bonchev–Trinajstić information content (AvgIpc) is 2.96. The van der Waals surface area contributed by atoms with Crippen molar-refractivity contribution in [3.8, 4) is 0 Å². The highest BCUT2D eigenvalue weighted by Gasteiger charge is 2.29. The van der Waals surface area contributed by atoms with E-state index in [0.29, 0.717) is 6.04 Å². The Morgan fingerprint density at radius 1 is 0.700 bits per heavy atom. The average molecular weight is 263 g/mol. The fraction of sp³-hybridized carbons (Fsp3) is 0.368. The number of hydrogen-bond acceptors (Lipinski definition) is 1. The summed E-state index contributed by atoms with van der Waals surface area (Å²) in [7, 11) is 0. The van der Waals surface area contributed by atoms with Gasteiger partial charge in [0.1, 0.15) is 0 Å². The molecule has 1 aliphatic heterocycles. The van der Waals surface area contributed by atoms with Gasteiger partial charge in [0.15, 0.2) is 0 Å². The third kappa shape index (κ3) is 1.97. The van der Waals surface area contributed by atoms with E-state index in [4.69, 9.17) is 0 Å². The zero-order valence-electron chi connectivity index (χ0n) is 11.9. The van der Waals surface area contributed by atoms with E-state index in [9.17, 15) is 0 Å². The first kappa shape index (κ1) is 12.2. The van der Waals surface area contributed by atoms with Gasteiger partial charge in [-0.15, -0.1) is 0 Å². The SMILES string of the molecule is c1ccc2c(c1)CCc1ccccc1C2N1CCCC1. The van der Waals surface area contributed by atoms with Gasteiger partial charge in [0.05, 0.1) is 6.04 Å². The molecule has 1 aliphatic carbocycles. The Morgan fingerprint density at radius 2 is 1.20 bits per heavy atom. The van der Waals surface area contributed by atoms with E-state index in [2.05, 4.69) is 53.4 Å². The van der Waals surface area contributed by atoms with Crippen LogP contribution >= 0.6 is 0 Å². The molecular formula is C19H21N. The first-order valence-electron chi connectivity index (χ1n) is 7.83. The Balaban J connectivity index is 1.89. The molecule has 0 radical (unpaired) electrons. The van der Waals surface area contributed by atoms with Gasteiger partial charge in [0.2, 0.25) is 0 Å². The quantitative estimate of drug-likeness (QED) is 0.752. The second kappa shape index (κ2) is 5.06. The summed E-state index contributed by atoms with van der Waals surface area (Å²) >= 11 is 0. The predicted molar refractivity (Wildman–Crippen MR) is 82.9 cm³/mol. The lowest BCUT2D eigenvalue weighted by atomic mass is 9.93. The third-order valence-electron chi connectivity index (χ3n) is 4.87. The van der Waals surface area contributed by atoms with Crippen molar-refractivity contribution in [1.82, 2.24) is 4.90 Å². The van der Waals surface area contributed by atoms with Crippen molar-refractivity contribution < 1.29 is 0 Å². The van der Waals surface area contributed by atoms with Gasteiger partial charge in [-0.3, -0.25) is 4.90 Å². The number of fused-ring (bicyclic) bond motifs is 2. The Hall–Kier alpha value is -1.60. The van der Waals surface area contributed by atoms with Crippen LogP contribution in [-0.4, -0.2) is 18.0 Å². The van der Waals surface area contributed by atoms with Crippen LogP contribution in [0.25, 0.3) is 0 Å². The van der Waals surface area contributed by atoms with Crippen molar-refractivity contribution in [2.24, 2.45) is 0 Å². The smallest absolute Gasteiger partial charge is 0.0607 e. The molecular weight excluding hydrogens is 242 g/mol. The van der Waals surface area contributed by atoms with Crippen LogP contribution in [0.15, 0.2) is 48.5 Å². The minimum Gasteiger partial charge on any atom is -0.292 e. The molecule has 0 atom stereocenters. The molecule has 2 aromatic rings. The molecule has 2 aromatic carbocycles. The van der Waals surface area contributed by atoms with E-state index >= 15 is 0 Å². The fourth-order valence-electron chi connectivity index (χ4n) is 3.89. The van der Waals surface area contributed by atoms with Crippen molar-refractivity contribution in [2.75, 3.05) is 13.1 Å². The Kier molecular flexibility index (Phi) is 3.08. The van der Waals surface area contributed by atoms with Crippen molar-refractivity contribution in [2.45, 2.75) is 31.7 Å². The summed E-state index contributed by atoms with van der Waals surface area (Å²) in [6.07, 6.45) is 5.05. The van der Waals surface area contributed by atoms with Crippen LogP contribution in [0, 0.1) is 0 Å². The summed E-state index contributed by atoms with van der Waals surface area (Å²) in [5, 5.41) is 0. The largest absolute Gasteiger partial charge is 0.292 e. The van der Waals surface area contributed by atoms with Crippen LogP contribution in [0.5, 0.6) is 0 Å². The van der Waals surface area contributed by atoms with E-state index in [1.165, 1.54) is 38.8 Å². The van der Waals surface area contributed by atoms with Crippen LogP contribution in [0.3, 0.4) is 0 Å². The number of nitrogens with zero attached hydrogens (tertiary/aromatic N) is 1. The maximum absolute atomic E-state index is 2.68. The molecule has 2 aliphatic rings. The molecule has 1 nitrogen and oxygen atoms in total. The highest BCUT2D eigenvalue weighted by atomic mass is 15.2. The van der Waals surface area contributed by atoms with Crippen LogP contribution in [0.2, 0.25) is 0 Å².